The number of carbonyl (C=O) groups is 7. The molecule has 14 nitrogen and oxygen atoms in total. The van der Waals surface area contributed by atoms with Gasteiger partial charge in [-0.05, 0) is 212 Å². The van der Waals surface area contributed by atoms with Crippen LogP contribution in [0.1, 0.15) is 98.3 Å². The van der Waals surface area contributed by atoms with Crippen molar-refractivity contribution in [2.75, 3.05) is 62.8 Å². The predicted octanol–water partition coefficient (Wildman–Crippen LogP) is 26.7. The zero-order valence-electron chi connectivity index (χ0n) is 70.1. The average molecular weight is 1690 g/mol. The van der Waals surface area contributed by atoms with Crippen molar-refractivity contribution >= 4 is 159 Å². The molecule has 17 heteroatoms. The van der Waals surface area contributed by atoms with Crippen molar-refractivity contribution < 1.29 is 51.5 Å². The lowest BCUT2D eigenvalue weighted by Crippen LogP contribution is -2.36. The molecule has 0 saturated heterocycles. The summed E-state index contributed by atoms with van der Waals surface area (Å²) in [6.07, 6.45) is -0.0492. The van der Waals surface area contributed by atoms with Crippen molar-refractivity contribution in [3.05, 3.63) is 403 Å². The minimum atomic E-state index is -4.44. The van der Waals surface area contributed by atoms with E-state index in [0.717, 1.165) is 163 Å². The number of halogens is 3. The second-order valence-corrected chi connectivity index (χ2v) is 32.0. The highest BCUT2D eigenvalue weighted by Gasteiger charge is 2.41. The van der Waals surface area contributed by atoms with Gasteiger partial charge in [-0.25, -0.2) is 0 Å². The first-order valence-electron chi connectivity index (χ1n) is 42.2. The van der Waals surface area contributed by atoms with Gasteiger partial charge in [0, 0.05) is 103 Å². The number of ether oxygens (including phenoxy) is 1. The fourth-order valence-corrected chi connectivity index (χ4v) is 17.9. The molecule has 5 amide bonds. The van der Waals surface area contributed by atoms with Crippen molar-refractivity contribution in [3.63, 3.8) is 0 Å². The van der Waals surface area contributed by atoms with Gasteiger partial charge >= 0.3 is 6.18 Å². The summed E-state index contributed by atoms with van der Waals surface area (Å²) in [5.74, 6) is 0.0299. The van der Waals surface area contributed by atoms with Crippen LogP contribution in [-0.4, -0.2) is 81.6 Å². The van der Waals surface area contributed by atoms with Crippen LogP contribution in [0.4, 0.5) is 70.0 Å². The Morgan fingerprint density at radius 1 is 0.344 bits per heavy atom. The normalized spacial score (nSPS) is 13.0. The fraction of sp³-hybridized carbons (Fsp3) is 0.0901. The number of carbonyl (C=O) groups excluding carboxylic acids is 7. The molecule has 0 saturated carbocycles. The summed E-state index contributed by atoms with van der Waals surface area (Å²) in [6, 6.07) is 114. The first-order chi connectivity index (χ1) is 62.4. The number of amides is 5. The Hall–Kier alpha value is -16.0. The molecule has 17 aromatic carbocycles. The van der Waals surface area contributed by atoms with Crippen LogP contribution < -0.4 is 29.4 Å². The third-order valence-electron chi connectivity index (χ3n) is 23.7. The van der Waals surface area contributed by atoms with E-state index in [-0.39, 0.29) is 23.6 Å². The number of aldehydes is 2. The standard InChI is InChI=1S/C30H20N2O2.C22H21NO.C20H17NO2.C20H13NO2.C19H12F3NO/c33-20-21-18-22-8-7-13-27-29(22)28(19-21)32(30(27)34)26-16-14-25(15-17-26)31(23-9-3-1-4-10-23)24-11-5-2-6-12-24;1-15(2)13-14-23-20-12-11-17(16-7-4-3-5-8-16)18-9-6-10-19(21(18)20)22(23)24;1-23-13-12-21-18-11-10-15(14-6-3-2-4-7-14)16-8-5-9-17(19(16)18)20(21)22;1-2-13-5-3-7-16(10-13)21-18-11-14(12-22)9-15-6-4-8-17(19(15)18)20(21)23;20-19(21,22)11-23-16-10-9-13(12-5-2-1-3-6-12)14-7-4-8-15(17(14)16)18(23)24/h1-20H;3-12,15H,13-14H2,1-2H3;2-11H,12-13H2,1H3;2-12H,1H2;1-10H,11H2. The highest BCUT2D eigenvalue weighted by Crippen LogP contribution is 2.49. The lowest BCUT2D eigenvalue weighted by atomic mass is 9.96. The van der Waals surface area contributed by atoms with Crippen LogP contribution in [0.15, 0.2) is 358 Å². The van der Waals surface area contributed by atoms with Crippen LogP contribution in [0.5, 0.6) is 0 Å². The van der Waals surface area contributed by atoms with Crippen LogP contribution in [0.2, 0.25) is 0 Å². The Kier molecular flexibility index (Phi) is 22.9. The van der Waals surface area contributed by atoms with Crippen LogP contribution in [0, 0.1) is 5.92 Å². The summed E-state index contributed by atoms with van der Waals surface area (Å²) in [5.41, 5.74) is 20.4. The molecule has 5 aliphatic rings. The molecule has 22 rings (SSSR count). The number of nitrogens with zero attached hydrogens (tertiary/aromatic N) is 6. The fourth-order valence-electron chi connectivity index (χ4n) is 17.9. The number of rotatable bonds is 18. The van der Waals surface area contributed by atoms with Crippen molar-refractivity contribution in [2.24, 2.45) is 5.92 Å². The smallest absolute Gasteiger partial charge is 0.383 e. The second-order valence-electron chi connectivity index (χ2n) is 32.0. The van der Waals surface area contributed by atoms with E-state index in [1.807, 2.05) is 228 Å². The minimum absolute atomic E-state index is 0.0628. The zero-order chi connectivity index (χ0) is 88.4. The number of anilines is 10. The predicted molar refractivity (Wildman–Crippen MR) is 510 cm³/mol. The third-order valence-corrected chi connectivity index (χ3v) is 23.7. The first-order valence-corrected chi connectivity index (χ1v) is 42.2. The van der Waals surface area contributed by atoms with Gasteiger partial charge in [0.1, 0.15) is 19.1 Å². The monoisotopic (exact) mass is 1680 g/mol. The van der Waals surface area contributed by atoms with Gasteiger partial charge < -0.3 is 19.4 Å². The van der Waals surface area contributed by atoms with E-state index in [4.69, 9.17) is 4.74 Å². The zero-order valence-corrected chi connectivity index (χ0v) is 70.1. The number of alkyl halides is 3. The van der Waals surface area contributed by atoms with E-state index in [1.54, 1.807) is 59.4 Å². The van der Waals surface area contributed by atoms with E-state index >= 15 is 0 Å². The van der Waals surface area contributed by atoms with Gasteiger partial charge in [0.25, 0.3) is 29.5 Å². The summed E-state index contributed by atoms with van der Waals surface area (Å²) in [7, 11) is 1.65. The molecule has 0 atom stereocenters. The molecule has 5 aliphatic heterocycles. The maximum atomic E-state index is 13.4. The molecule has 0 N–H and O–H groups in total. The van der Waals surface area contributed by atoms with Gasteiger partial charge in [-0.2, -0.15) is 13.2 Å². The molecule has 128 heavy (non-hydrogen) atoms. The van der Waals surface area contributed by atoms with Crippen molar-refractivity contribution in [1.82, 2.24) is 0 Å². The highest BCUT2D eigenvalue weighted by molar-refractivity contribution is 6.32. The molecule has 5 heterocycles. The van der Waals surface area contributed by atoms with Crippen molar-refractivity contribution in [2.45, 2.75) is 26.4 Å². The molecule has 0 bridgehead atoms. The van der Waals surface area contributed by atoms with Crippen LogP contribution in [-0.2, 0) is 4.74 Å². The number of para-hydroxylation sites is 2. The van der Waals surface area contributed by atoms with Crippen molar-refractivity contribution in [1.29, 1.82) is 0 Å². The summed E-state index contributed by atoms with van der Waals surface area (Å²) in [5, 5.41) is 9.40. The Bertz CT molecular complexity index is 7220. The van der Waals surface area contributed by atoms with Crippen molar-refractivity contribution in [3.8, 4) is 33.4 Å². The van der Waals surface area contributed by atoms with E-state index in [1.165, 1.54) is 16.7 Å². The van der Waals surface area contributed by atoms with Gasteiger partial charge in [-0.1, -0.05) is 245 Å². The molecule has 0 unspecified atom stereocenters. The summed E-state index contributed by atoms with van der Waals surface area (Å²) >= 11 is 0. The molecular formula is C111H83F3N6O8. The number of hydrogen-bond acceptors (Lipinski definition) is 9. The molecule has 17 aromatic rings. The third kappa shape index (κ3) is 15.7. The summed E-state index contributed by atoms with van der Waals surface area (Å²) in [6.45, 7) is 8.77. The van der Waals surface area contributed by atoms with E-state index in [2.05, 4.69) is 122 Å². The quantitative estimate of drug-likeness (QED) is 0.0766. The van der Waals surface area contributed by atoms with Crippen LogP contribution in [0.25, 0.3) is 93.3 Å². The molecule has 0 aliphatic carbocycles. The lowest BCUT2D eigenvalue weighted by Gasteiger charge is -2.26. The maximum Gasteiger partial charge on any atom is 0.406 e. The molecular weight excluding hydrogens is 1600 g/mol. The van der Waals surface area contributed by atoms with E-state index < -0.39 is 18.6 Å². The lowest BCUT2D eigenvalue weighted by molar-refractivity contribution is -0.118. The van der Waals surface area contributed by atoms with E-state index in [9.17, 15) is 46.7 Å². The Morgan fingerprint density at radius 3 is 1.11 bits per heavy atom. The number of hydrogen-bond donors (Lipinski definition) is 0. The van der Waals surface area contributed by atoms with Crippen LogP contribution >= 0.6 is 0 Å². The van der Waals surface area contributed by atoms with Gasteiger partial charge in [-0.15, -0.1) is 0 Å². The molecule has 0 fully saturated rings. The highest BCUT2D eigenvalue weighted by atomic mass is 19.4. The molecule has 0 aromatic heterocycles. The maximum absolute atomic E-state index is 13.4. The summed E-state index contributed by atoms with van der Waals surface area (Å²) < 4.78 is 43.7. The molecule has 626 valence electrons. The number of methoxy groups -OCH3 is 1. The van der Waals surface area contributed by atoms with E-state index in [0.29, 0.717) is 58.0 Å². The largest absolute Gasteiger partial charge is 0.406 e. The topological polar surface area (TPSA) is 148 Å². The average Bonchev–Trinajstić information content (AvgIpc) is 1.60. The Balaban J connectivity index is 0.000000109. The number of benzene rings is 17. The first kappa shape index (κ1) is 82.9. The van der Waals surface area contributed by atoms with Gasteiger partial charge in [0.15, 0.2) is 0 Å². The van der Waals surface area contributed by atoms with Gasteiger partial charge in [-0.3, -0.25) is 48.3 Å². The Labute approximate surface area is 737 Å². The molecule has 0 spiro atoms. The van der Waals surface area contributed by atoms with Crippen LogP contribution in [0.3, 0.4) is 0 Å². The molecule has 0 radical (unpaired) electrons. The second kappa shape index (κ2) is 35.3. The van der Waals surface area contributed by atoms with Gasteiger partial charge in [0.2, 0.25) is 0 Å². The Morgan fingerprint density at radius 2 is 0.711 bits per heavy atom. The SMILES string of the molecule is C=Cc1cccc(N2C(=O)c3cccc4cc(C=O)cc2c34)c1.CC(C)CCN1C(=O)c2cccc3c(-c4ccccc4)ccc1c23.COCCN1C(=O)c2cccc3c(-c4ccccc4)ccc1c23.O=C1c2cccc3c(-c4ccccc4)ccc(c23)N1CC(F)(F)F.O=Cc1cc2c3c(cccc3c1)C(=O)N2c1ccc(N(c2ccccc2)c2ccccc2)cc1. The summed E-state index contributed by atoms with van der Waals surface area (Å²) in [4.78, 5) is 97.2. The minimum Gasteiger partial charge on any atom is -0.383 e. The van der Waals surface area contributed by atoms with Gasteiger partial charge in [0.05, 0.1) is 46.2 Å².